The average molecular weight is 937 g/mol. The normalized spacial score (nSPS) is 13.0. The third-order valence-corrected chi connectivity index (χ3v) is 10.4. The molecule has 0 aliphatic rings. The van der Waals surface area contributed by atoms with Crippen LogP contribution in [0.15, 0.2) is 11.0 Å². The van der Waals surface area contributed by atoms with Gasteiger partial charge in [0.1, 0.15) is 18.1 Å². The second kappa shape index (κ2) is 29.6. The minimum Gasteiger partial charge on any atom is -0.494 e. The lowest BCUT2D eigenvalue weighted by Crippen LogP contribution is -2.53. The monoisotopic (exact) mass is 935 g/mol. The number of aliphatic hydroxyl groups excluding tert-OH is 2. The van der Waals surface area contributed by atoms with Gasteiger partial charge < -0.3 is 63.4 Å². The Bertz CT molecular complexity index is 1580. The number of carbonyl (C=O) groups is 8. The van der Waals surface area contributed by atoms with Crippen molar-refractivity contribution in [2.75, 3.05) is 43.9 Å². The highest BCUT2D eigenvalue weighted by Gasteiger charge is 2.26. The van der Waals surface area contributed by atoms with Crippen molar-refractivity contribution >= 4 is 74.9 Å². The zero-order valence-electron chi connectivity index (χ0n) is 34.4. The first-order chi connectivity index (χ1) is 28.4. The Labute approximate surface area is 362 Å². The molecule has 0 spiro atoms. The quantitative estimate of drug-likeness (QED) is 0.0226. The van der Waals surface area contributed by atoms with Crippen LogP contribution in [0.4, 0.5) is 0 Å². The van der Waals surface area contributed by atoms with Gasteiger partial charge in [0, 0.05) is 70.2 Å². The number of nitrogens with one attached hydrogen (secondary N) is 7. The first kappa shape index (κ1) is 53.4. The summed E-state index contributed by atoms with van der Waals surface area (Å²) in [7, 11) is 0. The first-order valence-electron chi connectivity index (χ1n) is 19.7. The van der Waals surface area contributed by atoms with Gasteiger partial charge in [0.2, 0.25) is 53.1 Å². The van der Waals surface area contributed by atoms with Crippen molar-refractivity contribution < 1.29 is 58.8 Å². The van der Waals surface area contributed by atoms with Crippen LogP contribution < -0.4 is 43.0 Å². The maximum Gasteiger partial charge on any atom is 0.243 e. The number of aromatic nitrogens is 1. The third kappa shape index (κ3) is 22.1. The number of halogens is 1. The minimum atomic E-state index is -1.15. The average Bonchev–Trinajstić information content (AvgIpc) is 3.47. The molecular weight excluding hydrogens is 874 g/mol. The highest BCUT2D eigenvalue weighted by Crippen LogP contribution is 2.36. The number of nitrogens with two attached hydrogens (primary N) is 1. The van der Waals surface area contributed by atoms with Gasteiger partial charge in [-0.2, -0.15) is 0 Å². The Kier molecular flexibility index (Phi) is 26.3. The molecule has 1 aromatic heterocycles. The van der Waals surface area contributed by atoms with Crippen LogP contribution in [0.1, 0.15) is 78.6 Å². The van der Waals surface area contributed by atoms with Gasteiger partial charge in [-0.05, 0) is 44.9 Å². The van der Waals surface area contributed by atoms with E-state index in [2.05, 4.69) is 53.1 Å². The van der Waals surface area contributed by atoms with E-state index in [1.807, 2.05) is 0 Å². The Hall–Kier alpha value is -4.61. The lowest BCUT2D eigenvalue weighted by Gasteiger charge is -2.22. The van der Waals surface area contributed by atoms with E-state index in [4.69, 9.17) is 10.8 Å². The molecule has 0 saturated carbocycles. The molecule has 0 saturated heterocycles. The molecule has 0 bridgehead atoms. The van der Waals surface area contributed by atoms with E-state index < -0.39 is 59.7 Å². The van der Waals surface area contributed by atoms with Crippen LogP contribution in [0, 0.1) is 5.92 Å². The van der Waals surface area contributed by atoms with E-state index in [0.29, 0.717) is 38.8 Å². The van der Waals surface area contributed by atoms with Crippen LogP contribution in [0.3, 0.4) is 0 Å². The maximum atomic E-state index is 13.3. The summed E-state index contributed by atoms with van der Waals surface area (Å²) in [4.78, 5) is 98.4. The molecule has 0 aromatic carbocycles. The number of aromatic hydroxyl groups is 2. The van der Waals surface area contributed by atoms with Crippen LogP contribution in [0.25, 0.3) is 0 Å². The van der Waals surface area contributed by atoms with Crippen LogP contribution in [0.5, 0.6) is 11.8 Å². The van der Waals surface area contributed by atoms with Crippen molar-refractivity contribution in [1.82, 2.24) is 41.8 Å². The number of amides is 8. The first-order valence-corrected chi connectivity index (χ1v) is 21.8. The van der Waals surface area contributed by atoms with E-state index in [1.54, 1.807) is 13.8 Å². The summed E-state index contributed by atoms with van der Waals surface area (Å²) in [5.74, 6) is -4.81. The Balaban J connectivity index is 2.72. The van der Waals surface area contributed by atoms with Crippen LogP contribution in [-0.4, -0.2) is 140 Å². The molecule has 60 heavy (non-hydrogen) atoms. The van der Waals surface area contributed by atoms with Gasteiger partial charge in [0.15, 0.2) is 5.88 Å². The van der Waals surface area contributed by atoms with Crippen LogP contribution in [-0.2, 0) is 44.9 Å². The summed E-state index contributed by atoms with van der Waals surface area (Å²) in [5, 5.41) is 58.8. The summed E-state index contributed by atoms with van der Waals surface area (Å²) >= 11 is 4.02. The zero-order chi connectivity index (χ0) is 45.2. The van der Waals surface area contributed by atoms with Crippen LogP contribution >= 0.6 is 27.7 Å². The molecule has 340 valence electrons. The predicted molar refractivity (Wildman–Crippen MR) is 224 cm³/mol. The van der Waals surface area contributed by atoms with Gasteiger partial charge in [-0.25, -0.2) is 0 Å². The number of nitrogens with zero attached hydrogens (tertiary/aromatic N) is 1. The molecule has 21 nitrogen and oxygen atoms in total. The minimum absolute atomic E-state index is 0.0185. The largest absolute Gasteiger partial charge is 0.494 e. The van der Waals surface area contributed by atoms with Gasteiger partial charge in [0.05, 0.1) is 22.9 Å². The number of aliphatic hydroxyl groups is 2. The van der Waals surface area contributed by atoms with Gasteiger partial charge in [0.25, 0.3) is 0 Å². The fourth-order valence-electron chi connectivity index (χ4n) is 5.40. The molecule has 0 aliphatic heterocycles. The highest BCUT2D eigenvalue weighted by atomic mass is 79.9. The molecule has 8 amide bonds. The van der Waals surface area contributed by atoms with Crippen molar-refractivity contribution in [3.8, 4) is 11.8 Å². The molecule has 13 N–H and O–H groups in total. The lowest BCUT2D eigenvalue weighted by molar-refractivity contribution is -0.131. The third-order valence-electron chi connectivity index (χ3n) is 8.74. The highest BCUT2D eigenvalue weighted by molar-refractivity contribution is 9.09. The number of primary amides is 1. The van der Waals surface area contributed by atoms with Gasteiger partial charge >= 0.3 is 0 Å². The summed E-state index contributed by atoms with van der Waals surface area (Å²) in [5.41, 5.74) is 5.54. The van der Waals surface area contributed by atoms with Crippen molar-refractivity contribution in [3.05, 3.63) is 6.07 Å². The van der Waals surface area contributed by atoms with E-state index in [1.165, 1.54) is 13.0 Å². The molecule has 1 rings (SSSR count). The molecule has 4 unspecified atom stereocenters. The van der Waals surface area contributed by atoms with Gasteiger partial charge in [-0.15, -0.1) is 11.8 Å². The predicted octanol–water partition coefficient (Wildman–Crippen LogP) is -1.67. The molecule has 1 aromatic rings. The standard InChI is InChI=1S/C37H62BrN9O12S/c1-22(2)34(56)41-14-7-5-9-26(36(58)46-25(33(39)55)8-4-6-13-40-31(53)19-38)45-30(52)11-10-24(50)20-43-29(51)12-16-47-32(54)18-28(37(47)59)60-21-27(44-23(3)49)35(57)42-15-17-48/h18,22,24-27,48,50,54,59H,4-17,19-21H2,1-3H3,(H2,39,55)(H,40,53)(H,41,56)(H,42,57)(H,43,51)(H,44,49)(H,45,52)(H,46,58). The molecule has 4 atom stereocenters. The van der Waals surface area contributed by atoms with E-state index in [9.17, 15) is 53.7 Å². The Morgan fingerprint density at radius 2 is 1.38 bits per heavy atom. The molecular formula is C37H62BrN9O12S. The van der Waals surface area contributed by atoms with Crippen molar-refractivity contribution in [2.45, 2.75) is 114 Å². The number of alkyl halides is 1. The van der Waals surface area contributed by atoms with E-state index in [-0.39, 0.29) is 104 Å². The SMILES string of the molecule is CC(=O)NC(CSc1cc(O)n(CCC(=O)NCC(O)CCC(=O)NC(CCCCNC(=O)C(C)C)C(=O)NC(CCCCNC(=O)CBr)C(N)=O)c1O)C(=O)NCCO. The Morgan fingerprint density at radius 1 is 0.750 bits per heavy atom. The smallest absolute Gasteiger partial charge is 0.243 e. The number of unbranched alkanes of at least 4 members (excludes halogenated alkanes) is 2. The second-order valence-corrected chi connectivity index (χ2v) is 15.8. The summed E-state index contributed by atoms with van der Waals surface area (Å²) in [6.07, 6.45) is 0.629. The van der Waals surface area contributed by atoms with Crippen molar-refractivity contribution in [3.63, 3.8) is 0 Å². The van der Waals surface area contributed by atoms with E-state index >= 15 is 0 Å². The number of rotatable bonds is 31. The topological polar surface area (TPSA) is 333 Å². The lowest BCUT2D eigenvalue weighted by atomic mass is 10.0. The Morgan fingerprint density at radius 3 is 1.98 bits per heavy atom. The second-order valence-electron chi connectivity index (χ2n) is 14.2. The molecule has 0 fully saturated rings. The molecule has 0 radical (unpaired) electrons. The molecule has 23 heteroatoms. The summed E-state index contributed by atoms with van der Waals surface area (Å²) < 4.78 is 1.07. The van der Waals surface area contributed by atoms with Crippen molar-refractivity contribution in [2.24, 2.45) is 11.7 Å². The number of thioether (sulfide) groups is 1. The van der Waals surface area contributed by atoms with Crippen molar-refractivity contribution in [1.29, 1.82) is 0 Å². The number of hydrogen-bond acceptors (Lipinski definition) is 13. The van der Waals surface area contributed by atoms with Gasteiger partial charge in [-0.1, -0.05) is 29.8 Å². The van der Waals surface area contributed by atoms with Gasteiger partial charge in [-0.3, -0.25) is 42.9 Å². The zero-order valence-corrected chi connectivity index (χ0v) is 36.8. The van der Waals surface area contributed by atoms with E-state index in [0.717, 1.165) is 16.3 Å². The summed E-state index contributed by atoms with van der Waals surface area (Å²) in [6.45, 7) is 4.77. The number of hydrogen-bond donors (Lipinski definition) is 12. The molecule has 0 aliphatic carbocycles. The fraction of sp³-hybridized carbons (Fsp3) is 0.676. The number of carbonyl (C=O) groups excluding carboxylic acids is 8. The fourth-order valence-corrected chi connectivity index (χ4v) is 6.60. The molecule has 1 heterocycles. The maximum absolute atomic E-state index is 13.3. The summed E-state index contributed by atoms with van der Waals surface area (Å²) in [6, 6.07) is -1.86. The van der Waals surface area contributed by atoms with Crippen LogP contribution in [0.2, 0.25) is 0 Å².